The smallest absolute Gasteiger partial charge is 0.335 e. The number of aromatic carboxylic acids is 1. The molecule has 148 valence electrons. The van der Waals surface area contributed by atoms with Crippen LogP contribution in [-0.4, -0.2) is 30.2 Å². The second kappa shape index (κ2) is 9.61. The molecular weight excluding hydrogens is 394 g/mol. The zero-order valence-corrected chi connectivity index (χ0v) is 16.1. The monoisotopic (exact) mass is 411 g/mol. The highest BCUT2D eigenvalue weighted by molar-refractivity contribution is 6.30. The number of carboxylic acid groups (broad SMARTS) is 1. The molecule has 0 unspecified atom stereocenters. The van der Waals surface area contributed by atoms with Crippen LogP contribution in [0.3, 0.4) is 0 Å². The number of nitrogens with one attached hydrogen (secondary N) is 1. The standard InChI is InChI=1S/C22H18ClNO5/c23-17-9-5-15(6-10-17)21(25)24-19-3-1-2-4-20(19)29-14-13-28-18-11-7-16(8-12-18)22(26)27/h1-12H,13-14H2,(H,24,25)(H,26,27). The largest absolute Gasteiger partial charge is 0.490 e. The average Bonchev–Trinajstić information content (AvgIpc) is 2.73. The number of halogens is 1. The molecule has 0 aliphatic rings. The molecule has 0 atom stereocenters. The lowest BCUT2D eigenvalue weighted by molar-refractivity contribution is 0.0696. The van der Waals surface area contributed by atoms with Crippen LogP contribution in [0.15, 0.2) is 72.8 Å². The quantitative estimate of drug-likeness (QED) is 0.522. The summed E-state index contributed by atoms with van der Waals surface area (Å²) in [6, 6.07) is 19.8. The molecule has 0 radical (unpaired) electrons. The zero-order valence-electron chi connectivity index (χ0n) is 15.3. The van der Waals surface area contributed by atoms with Gasteiger partial charge in [-0.25, -0.2) is 4.79 Å². The molecule has 29 heavy (non-hydrogen) atoms. The molecule has 2 N–H and O–H groups in total. The lowest BCUT2D eigenvalue weighted by Crippen LogP contribution is -2.14. The van der Waals surface area contributed by atoms with Crippen LogP contribution < -0.4 is 14.8 Å². The molecule has 0 aliphatic carbocycles. The number of benzene rings is 3. The molecular formula is C22H18ClNO5. The Bertz CT molecular complexity index is 987. The van der Waals surface area contributed by atoms with Gasteiger partial charge in [-0.1, -0.05) is 23.7 Å². The van der Waals surface area contributed by atoms with Crippen LogP contribution in [0.1, 0.15) is 20.7 Å². The van der Waals surface area contributed by atoms with Gasteiger partial charge in [0.15, 0.2) is 0 Å². The van der Waals surface area contributed by atoms with Crippen LogP contribution in [0.25, 0.3) is 0 Å². The number of carbonyl (C=O) groups excluding carboxylic acids is 1. The van der Waals surface area contributed by atoms with Crippen molar-refractivity contribution in [2.24, 2.45) is 0 Å². The van der Waals surface area contributed by atoms with Crippen LogP contribution >= 0.6 is 11.6 Å². The second-order valence-electron chi connectivity index (χ2n) is 5.98. The van der Waals surface area contributed by atoms with Gasteiger partial charge in [0, 0.05) is 10.6 Å². The van der Waals surface area contributed by atoms with Crippen molar-refractivity contribution in [2.75, 3.05) is 18.5 Å². The van der Waals surface area contributed by atoms with E-state index >= 15 is 0 Å². The molecule has 3 aromatic carbocycles. The SMILES string of the molecule is O=C(O)c1ccc(OCCOc2ccccc2NC(=O)c2ccc(Cl)cc2)cc1. The molecule has 0 saturated carbocycles. The molecule has 3 rings (SSSR count). The van der Waals surface area contributed by atoms with Gasteiger partial charge in [-0.05, 0) is 60.7 Å². The average molecular weight is 412 g/mol. The Labute approximate surface area is 172 Å². The van der Waals surface area contributed by atoms with Crippen LogP contribution in [0.5, 0.6) is 11.5 Å². The molecule has 0 bridgehead atoms. The number of ether oxygens (including phenoxy) is 2. The third kappa shape index (κ3) is 5.73. The first-order valence-electron chi connectivity index (χ1n) is 8.78. The number of hydrogen-bond donors (Lipinski definition) is 2. The van der Waals surface area contributed by atoms with E-state index < -0.39 is 5.97 Å². The van der Waals surface area contributed by atoms with Crippen molar-refractivity contribution in [2.45, 2.75) is 0 Å². The maximum Gasteiger partial charge on any atom is 0.335 e. The summed E-state index contributed by atoms with van der Waals surface area (Å²) >= 11 is 5.85. The van der Waals surface area contributed by atoms with E-state index in [4.69, 9.17) is 26.2 Å². The number of rotatable bonds is 8. The molecule has 7 heteroatoms. The van der Waals surface area contributed by atoms with Gasteiger partial charge in [0.1, 0.15) is 24.7 Å². The number of amides is 1. The normalized spacial score (nSPS) is 10.2. The van der Waals surface area contributed by atoms with Gasteiger partial charge in [0.2, 0.25) is 0 Å². The Morgan fingerprint density at radius 2 is 1.45 bits per heavy atom. The number of carbonyl (C=O) groups is 2. The predicted octanol–water partition coefficient (Wildman–Crippen LogP) is 4.75. The van der Waals surface area contributed by atoms with E-state index in [0.717, 1.165) is 0 Å². The number of carboxylic acids is 1. The predicted molar refractivity (Wildman–Crippen MR) is 110 cm³/mol. The van der Waals surface area contributed by atoms with E-state index in [0.29, 0.717) is 27.8 Å². The molecule has 6 nitrogen and oxygen atoms in total. The third-order valence-corrected chi connectivity index (χ3v) is 4.20. The van der Waals surface area contributed by atoms with Gasteiger partial charge in [0.25, 0.3) is 5.91 Å². The summed E-state index contributed by atoms with van der Waals surface area (Å²) in [5.41, 5.74) is 1.22. The maximum atomic E-state index is 12.4. The molecule has 0 spiro atoms. The van der Waals surface area contributed by atoms with Crippen molar-refractivity contribution in [1.82, 2.24) is 0 Å². The summed E-state index contributed by atoms with van der Waals surface area (Å²) in [4.78, 5) is 23.2. The lowest BCUT2D eigenvalue weighted by Gasteiger charge is -2.13. The van der Waals surface area contributed by atoms with E-state index in [2.05, 4.69) is 5.32 Å². The molecule has 0 aliphatic heterocycles. The molecule has 0 fully saturated rings. The summed E-state index contributed by atoms with van der Waals surface area (Å²) < 4.78 is 11.3. The van der Waals surface area contributed by atoms with Gasteiger partial charge >= 0.3 is 5.97 Å². The Kier molecular flexibility index (Phi) is 6.71. The fraction of sp³-hybridized carbons (Fsp3) is 0.0909. The summed E-state index contributed by atoms with van der Waals surface area (Å²) in [6.45, 7) is 0.500. The first-order valence-corrected chi connectivity index (χ1v) is 9.15. The first kappa shape index (κ1) is 20.2. The van der Waals surface area contributed by atoms with Gasteiger partial charge in [0.05, 0.1) is 11.3 Å². The van der Waals surface area contributed by atoms with Crippen molar-refractivity contribution in [3.8, 4) is 11.5 Å². The van der Waals surface area contributed by atoms with Gasteiger partial charge in [-0.3, -0.25) is 4.79 Å². The minimum absolute atomic E-state index is 0.193. The first-order chi connectivity index (χ1) is 14.0. The summed E-state index contributed by atoms with van der Waals surface area (Å²) in [6.07, 6.45) is 0. The minimum Gasteiger partial charge on any atom is -0.490 e. The summed E-state index contributed by atoms with van der Waals surface area (Å²) in [5, 5.41) is 12.3. The van der Waals surface area contributed by atoms with Gasteiger partial charge in [-0.15, -0.1) is 0 Å². The van der Waals surface area contributed by atoms with E-state index in [1.54, 1.807) is 60.7 Å². The zero-order chi connectivity index (χ0) is 20.6. The topological polar surface area (TPSA) is 84.9 Å². The lowest BCUT2D eigenvalue weighted by atomic mass is 10.2. The van der Waals surface area contributed by atoms with Crippen LogP contribution in [-0.2, 0) is 0 Å². The second-order valence-corrected chi connectivity index (χ2v) is 6.42. The van der Waals surface area contributed by atoms with Crippen molar-refractivity contribution in [3.05, 3.63) is 88.9 Å². The Morgan fingerprint density at radius 1 is 0.828 bits per heavy atom. The van der Waals surface area contributed by atoms with E-state index in [-0.39, 0.29) is 24.7 Å². The highest BCUT2D eigenvalue weighted by Crippen LogP contribution is 2.24. The summed E-state index contributed by atoms with van der Waals surface area (Å²) in [7, 11) is 0. The van der Waals surface area contributed by atoms with Crippen LogP contribution in [0, 0.1) is 0 Å². The molecule has 0 heterocycles. The van der Waals surface area contributed by atoms with E-state index in [9.17, 15) is 9.59 Å². The van der Waals surface area contributed by atoms with Crippen molar-refractivity contribution in [3.63, 3.8) is 0 Å². The number of hydrogen-bond acceptors (Lipinski definition) is 4. The molecule has 0 aromatic heterocycles. The Morgan fingerprint density at radius 3 is 2.14 bits per heavy atom. The van der Waals surface area contributed by atoms with Crippen LogP contribution in [0.4, 0.5) is 5.69 Å². The fourth-order valence-corrected chi connectivity index (χ4v) is 2.62. The Hall–Kier alpha value is -3.51. The highest BCUT2D eigenvalue weighted by Gasteiger charge is 2.10. The maximum absolute atomic E-state index is 12.4. The molecule has 3 aromatic rings. The summed E-state index contributed by atoms with van der Waals surface area (Å²) in [5.74, 6) is -0.202. The Balaban J connectivity index is 1.54. The van der Waals surface area contributed by atoms with Crippen LogP contribution in [0.2, 0.25) is 5.02 Å². The van der Waals surface area contributed by atoms with E-state index in [1.165, 1.54) is 12.1 Å². The fourth-order valence-electron chi connectivity index (χ4n) is 2.50. The van der Waals surface area contributed by atoms with E-state index in [1.807, 2.05) is 0 Å². The molecule has 0 saturated heterocycles. The molecule has 1 amide bonds. The number of anilines is 1. The number of para-hydroxylation sites is 2. The van der Waals surface area contributed by atoms with Gasteiger partial charge < -0.3 is 19.9 Å². The van der Waals surface area contributed by atoms with Gasteiger partial charge in [-0.2, -0.15) is 0 Å². The highest BCUT2D eigenvalue weighted by atomic mass is 35.5. The third-order valence-electron chi connectivity index (χ3n) is 3.95. The van der Waals surface area contributed by atoms with Crippen molar-refractivity contribution in [1.29, 1.82) is 0 Å². The van der Waals surface area contributed by atoms with Crippen molar-refractivity contribution < 1.29 is 24.2 Å². The minimum atomic E-state index is -0.989. The van der Waals surface area contributed by atoms with Crippen molar-refractivity contribution >= 4 is 29.2 Å².